The van der Waals surface area contributed by atoms with E-state index in [0.717, 1.165) is 10.7 Å². The Bertz CT molecular complexity index is 472. The first-order chi connectivity index (χ1) is 7.40. The molecule has 0 amide bonds. The number of nitrogens with zero attached hydrogens (tertiary/aromatic N) is 3. The first-order valence-corrected chi connectivity index (χ1v) is 5.24. The Kier molecular flexibility index (Phi) is 2.90. The predicted octanol–water partition coefficient (Wildman–Crippen LogP) is 2.02. The monoisotopic (exact) mass is 216 g/mol. The standard InChI is InChI=1S/C10H8N4S/c11-5-8-1-2-12-6-9(8)14-7-10-13-3-4-15-10/h1-4,6,14H,7H2. The van der Waals surface area contributed by atoms with Crippen LogP contribution < -0.4 is 5.32 Å². The van der Waals surface area contributed by atoms with Crippen molar-refractivity contribution in [1.29, 1.82) is 5.26 Å². The number of hydrogen-bond acceptors (Lipinski definition) is 5. The summed E-state index contributed by atoms with van der Waals surface area (Å²) in [6.45, 7) is 0.623. The Hall–Kier alpha value is -1.93. The maximum absolute atomic E-state index is 8.84. The molecular formula is C10H8N4S. The van der Waals surface area contributed by atoms with E-state index in [2.05, 4.69) is 21.4 Å². The van der Waals surface area contributed by atoms with Crippen molar-refractivity contribution in [3.05, 3.63) is 40.6 Å². The fourth-order valence-electron chi connectivity index (χ4n) is 1.14. The topological polar surface area (TPSA) is 61.6 Å². The Morgan fingerprint density at radius 1 is 1.47 bits per heavy atom. The molecule has 0 aliphatic rings. The fraction of sp³-hybridized carbons (Fsp3) is 0.100. The van der Waals surface area contributed by atoms with E-state index in [1.165, 1.54) is 0 Å². The summed E-state index contributed by atoms with van der Waals surface area (Å²) in [5.41, 5.74) is 1.34. The highest BCUT2D eigenvalue weighted by molar-refractivity contribution is 7.09. The van der Waals surface area contributed by atoms with Crippen molar-refractivity contribution in [3.63, 3.8) is 0 Å². The third kappa shape index (κ3) is 2.30. The van der Waals surface area contributed by atoms with Crippen LogP contribution in [0.2, 0.25) is 0 Å². The van der Waals surface area contributed by atoms with Gasteiger partial charge in [-0.15, -0.1) is 11.3 Å². The lowest BCUT2D eigenvalue weighted by molar-refractivity contribution is 1.09. The first-order valence-electron chi connectivity index (χ1n) is 4.36. The number of thiazole rings is 1. The predicted molar refractivity (Wildman–Crippen MR) is 58.4 cm³/mol. The maximum Gasteiger partial charge on any atom is 0.112 e. The summed E-state index contributed by atoms with van der Waals surface area (Å²) in [6.07, 6.45) is 5.01. The number of aromatic nitrogens is 2. The lowest BCUT2D eigenvalue weighted by Crippen LogP contribution is -2.01. The number of rotatable bonds is 3. The van der Waals surface area contributed by atoms with Crippen LogP contribution in [0.1, 0.15) is 10.6 Å². The second-order valence-corrected chi connectivity index (χ2v) is 3.79. The molecule has 0 aliphatic carbocycles. The molecule has 0 unspecified atom stereocenters. The van der Waals surface area contributed by atoms with Gasteiger partial charge in [-0.2, -0.15) is 5.26 Å². The van der Waals surface area contributed by atoms with E-state index < -0.39 is 0 Å². The third-order valence-electron chi connectivity index (χ3n) is 1.86. The molecule has 0 aromatic carbocycles. The highest BCUT2D eigenvalue weighted by atomic mass is 32.1. The molecule has 4 nitrogen and oxygen atoms in total. The molecule has 0 saturated heterocycles. The second kappa shape index (κ2) is 4.53. The van der Waals surface area contributed by atoms with Crippen molar-refractivity contribution in [2.24, 2.45) is 0 Å². The van der Waals surface area contributed by atoms with E-state index in [0.29, 0.717) is 12.1 Å². The highest BCUT2D eigenvalue weighted by Gasteiger charge is 2.01. The van der Waals surface area contributed by atoms with Gasteiger partial charge in [0.05, 0.1) is 24.0 Å². The second-order valence-electron chi connectivity index (χ2n) is 2.81. The molecule has 2 aromatic rings. The zero-order chi connectivity index (χ0) is 10.5. The fourth-order valence-corrected chi connectivity index (χ4v) is 1.70. The quantitative estimate of drug-likeness (QED) is 0.852. The van der Waals surface area contributed by atoms with E-state index in [4.69, 9.17) is 5.26 Å². The van der Waals surface area contributed by atoms with Crippen molar-refractivity contribution >= 4 is 17.0 Å². The molecule has 0 radical (unpaired) electrons. The van der Waals surface area contributed by atoms with E-state index in [9.17, 15) is 0 Å². The summed E-state index contributed by atoms with van der Waals surface area (Å²) in [7, 11) is 0. The van der Waals surface area contributed by atoms with Gasteiger partial charge in [-0.3, -0.25) is 4.98 Å². The highest BCUT2D eigenvalue weighted by Crippen LogP contribution is 2.13. The summed E-state index contributed by atoms with van der Waals surface area (Å²) < 4.78 is 0. The number of anilines is 1. The molecule has 0 atom stereocenters. The van der Waals surface area contributed by atoms with Crippen LogP contribution >= 0.6 is 11.3 Å². The van der Waals surface area contributed by atoms with Crippen molar-refractivity contribution in [3.8, 4) is 6.07 Å². The summed E-state index contributed by atoms with van der Waals surface area (Å²) in [5.74, 6) is 0. The molecule has 0 aliphatic heterocycles. The number of pyridine rings is 1. The summed E-state index contributed by atoms with van der Waals surface area (Å²) in [5, 5.41) is 14.9. The molecule has 2 rings (SSSR count). The lowest BCUT2D eigenvalue weighted by Gasteiger charge is -2.04. The van der Waals surface area contributed by atoms with Crippen LogP contribution in [0, 0.1) is 11.3 Å². The Morgan fingerprint density at radius 3 is 3.13 bits per heavy atom. The van der Waals surface area contributed by atoms with Gasteiger partial charge in [0.2, 0.25) is 0 Å². The lowest BCUT2D eigenvalue weighted by atomic mass is 10.2. The molecule has 5 heteroatoms. The SMILES string of the molecule is N#Cc1ccncc1NCc1nccs1. The Morgan fingerprint density at radius 2 is 2.40 bits per heavy atom. The largest absolute Gasteiger partial charge is 0.376 e. The maximum atomic E-state index is 8.84. The van der Waals surface area contributed by atoms with Gasteiger partial charge in [0.1, 0.15) is 11.1 Å². The Labute approximate surface area is 91.2 Å². The van der Waals surface area contributed by atoms with Gasteiger partial charge < -0.3 is 5.32 Å². The van der Waals surface area contributed by atoms with Crippen LogP contribution in [0.3, 0.4) is 0 Å². The van der Waals surface area contributed by atoms with Crippen molar-refractivity contribution in [1.82, 2.24) is 9.97 Å². The van der Waals surface area contributed by atoms with Gasteiger partial charge in [0, 0.05) is 17.8 Å². The van der Waals surface area contributed by atoms with Crippen LogP contribution in [-0.4, -0.2) is 9.97 Å². The molecule has 15 heavy (non-hydrogen) atoms. The molecule has 0 saturated carbocycles. The van der Waals surface area contributed by atoms with Gasteiger partial charge in [0.15, 0.2) is 0 Å². The zero-order valence-electron chi connectivity index (χ0n) is 7.84. The molecule has 0 fully saturated rings. The summed E-state index contributed by atoms with van der Waals surface area (Å²) in [4.78, 5) is 8.10. The van der Waals surface area contributed by atoms with E-state index in [-0.39, 0.29) is 0 Å². The van der Waals surface area contributed by atoms with Gasteiger partial charge in [-0.1, -0.05) is 0 Å². The van der Waals surface area contributed by atoms with Crippen LogP contribution in [0.4, 0.5) is 5.69 Å². The van der Waals surface area contributed by atoms with Crippen molar-refractivity contribution in [2.75, 3.05) is 5.32 Å². The van der Waals surface area contributed by atoms with Crippen LogP contribution in [-0.2, 0) is 6.54 Å². The Balaban J connectivity index is 2.08. The number of hydrogen-bond donors (Lipinski definition) is 1. The van der Waals surface area contributed by atoms with E-state index >= 15 is 0 Å². The molecule has 74 valence electrons. The van der Waals surface area contributed by atoms with Gasteiger partial charge in [0.25, 0.3) is 0 Å². The van der Waals surface area contributed by atoms with Crippen LogP contribution in [0.5, 0.6) is 0 Å². The first kappa shape index (κ1) is 9.62. The minimum atomic E-state index is 0.599. The third-order valence-corrected chi connectivity index (χ3v) is 2.63. The van der Waals surface area contributed by atoms with Gasteiger partial charge in [-0.05, 0) is 6.07 Å². The molecule has 2 heterocycles. The van der Waals surface area contributed by atoms with E-state index in [1.54, 1.807) is 36.0 Å². The average molecular weight is 216 g/mol. The van der Waals surface area contributed by atoms with Gasteiger partial charge in [-0.25, -0.2) is 4.98 Å². The smallest absolute Gasteiger partial charge is 0.112 e. The van der Waals surface area contributed by atoms with Crippen LogP contribution in [0.15, 0.2) is 30.0 Å². The van der Waals surface area contributed by atoms with E-state index in [1.807, 2.05) is 5.38 Å². The molecule has 2 aromatic heterocycles. The van der Waals surface area contributed by atoms with Gasteiger partial charge >= 0.3 is 0 Å². The molecular weight excluding hydrogens is 208 g/mol. The van der Waals surface area contributed by atoms with Crippen molar-refractivity contribution < 1.29 is 0 Å². The summed E-state index contributed by atoms with van der Waals surface area (Å²) in [6, 6.07) is 3.79. The van der Waals surface area contributed by atoms with Crippen molar-refractivity contribution in [2.45, 2.75) is 6.54 Å². The zero-order valence-corrected chi connectivity index (χ0v) is 8.66. The summed E-state index contributed by atoms with van der Waals surface area (Å²) >= 11 is 1.58. The number of nitriles is 1. The number of nitrogens with one attached hydrogen (secondary N) is 1. The minimum absolute atomic E-state index is 0.599. The minimum Gasteiger partial charge on any atom is -0.376 e. The molecule has 0 spiro atoms. The molecule has 0 bridgehead atoms. The normalized spacial score (nSPS) is 9.53. The average Bonchev–Trinajstić information content (AvgIpc) is 2.79. The van der Waals surface area contributed by atoms with Crippen LogP contribution in [0.25, 0.3) is 0 Å². The molecule has 1 N–H and O–H groups in total.